The Morgan fingerprint density at radius 1 is 1.30 bits per heavy atom. The molecule has 2 rings (SSSR count). The standard InChI is InChI=1S/C16H16Cl2N2O3/c1-2-8-23-14-4-3-7-20(16(14)22)10-15(21)19-13-6-5-11(17)9-12(13)18/h3-7,9H,2,8,10H2,1H3,(H,19,21). The lowest BCUT2D eigenvalue weighted by Crippen LogP contribution is -2.28. The number of hydrogen-bond donors (Lipinski definition) is 1. The van der Waals surface area contributed by atoms with Crippen LogP contribution in [-0.4, -0.2) is 17.1 Å². The number of nitrogens with zero attached hydrogens (tertiary/aromatic N) is 1. The zero-order valence-electron chi connectivity index (χ0n) is 12.5. The van der Waals surface area contributed by atoms with Crippen LogP contribution in [0.3, 0.4) is 0 Å². The van der Waals surface area contributed by atoms with Crippen molar-refractivity contribution in [1.29, 1.82) is 0 Å². The third-order valence-electron chi connectivity index (χ3n) is 2.97. The SMILES string of the molecule is CCCOc1cccn(CC(=O)Nc2ccc(Cl)cc2Cl)c1=O. The Hall–Kier alpha value is -1.98. The molecule has 23 heavy (non-hydrogen) atoms. The van der Waals surface area contributed by atoms with Crippen LogP contribution in [0.15, 0.2) is 41.3 Å². The van der Waals surface area contributed by atoms with Gasteiger partial charge in [-0.1, -0.05) is 30.1 Å². The van der Waals surface area contributed by atoms with Crippen LogP contribution < -0.4 is 15.6 Å². The highest BCUT2D eigenvalue weighted by molar-refractivity contribution is 6.36. The summed E-state index contributed by atoms with van der Waals surface area (Å²) in [5.74, 6) is -0.143. The molecule has 1 N–H and O–H groups in total. The maximum atomic E-state index is 12.2. The Morgan fingerprint density at radius 2 is 2.09 bits per heavy atom. The second-order valence-corrected chi connectivity index (χ2v) is 5.67. The highest BCUT2D eigenvalue weighted by atomic mass is 35.5. The molecule has 0 aliphatic heterocycles. The Kier molecular flexibility index (Phi) is 6.07. The van der Waals surface area contributed by atoms with Crippen LogP contribution in [0.2, 0.25) is 10.0 Å². The van der Waals surface area contributed by atoms with Crippen LogP contribution in [-0.2, 0) is 11.3 Å². The first-order valence-electron chi connectivity index (χ1n) is 7.08. The van der Waals surface area contributed by atoms with Crippen LogP contribution in [0.25, 0.3) is 0 Å². The highest BCUT2D eigenvalue weighted by Gasteiger charge is 2.10. The predicted octanol–water partition coefficient (Wildman–Crippen LogP) is 3.58. The van der Waals surface area contributed by atoms with Crippen LogP contribution in [0.4, 0.5) is 5.69 Å². The van der Waals surface area contributed by atoms with Crippen LogP contribution in [0.5, 0.6) is 5.75 Å². The van der Waals surface area contributed by atoms with Crippen molar-refractivity contribution in [2.75, 3.05) is 11.9 Å². The lowest BCUT2D eigenvalue weighted by Gasteiger charge is -2.10. The minimum absolute atomic E-state index is 0.138. The third-order valence-corrected chi connectivity index (χ3v) is 3.51. The lowest BCUT2D eigenvalue weighted by molar-refractivity contribution is -0.116. The van der Waals surface area contributed by atoms with E-state index in [0.717, 1.165) is 6.42 Å². The van der Waals surface area contributed by atoms with E-state index >= 15 is 0 Å². The smallest absolute Gasteiger partial charge is 0.293 e. The van der Waals surface area contributed by atoms with Gasteiger partial charge in [-0.3, -0.25) is 9.59 Å². The number of pyridine rings is 1. The van der Waals surface area contributed by atoms with Gasteiger partial charge in [-0.2, -0.15) is 0 Å². The Morgan fingerprint density at radius 3 is 2.78 bits per heavy atom. The van der Waals surface area contributed by atoms with Gasteiger partial charge >= 0.3 is 0 Å². The van der Waals surface area contributed by atoms with E-state index in [2.05, 4.69) is 5.32 Å². The number of amides is 1. The minimum atomic E-state index is -0.371. The van der Waals surface area contributed by atoms with E-state index in [-0.39, 0.29) is 23.8 Å². The van der Waals surface area contributed by atoms with Crippen molar-refractivity contribution in [3.8, 4) is 5.75 Å². The molecule has 0 radical (unpaired) electrons. The summed E-state index contributed by atoms with van der Waals surface area (Å²) in [4.78, 5) is 24.3. The van der Waals surface area contributed by atoms with Crippen molar-refractivity contribution in [1.82, 2.24) is 4.57 Å². The summed E-state index contributed by atoms with van der Waals surface area (Å²) in [6.07, 6.45) is 2.33. The molecule has 0 saturated heterocycles. The molecule has 1 heterocycles. The summed E-state index contributed by atoms with van der Waals surface area (Å²) in [5, 5.41) is 3.45. The van der Waals surface area contributed by atoms with Gasteiger partial charge in [0.1, 0.15) is 6.54 Å². The number of hydrogen-bond acceptors (Lipinski definition) is 3. The van der Waals surface area contributed by atoms with Crippen molar-refractivity contribution in [3.63, 3.8) is 0 Å². The zero-order chi connectivity index (χ0) is 16.8. The topological polar surface area (TPSA) is 60.3 Å². The second kappa shape index (κ2) is 8.04. The molecule has 0 bridgehead atoms. The third kappa shape index (κ3) is 4.74. The van der Waals surface area contributed by atoms with Gasteiger partial charge in [0.2, 0.25) is 5.91 Å². The summed E-state index contributed by atoms with van der Waals surface area (Å²) in [5.41, 5.74) is 0.0887. The average Bonchev–Trinajstić information content (AvgIpc) is 2.51. The number of halogens is 2. The monoisotopic (exact) mass is 354 g/mol. The molecular formula is C16H16Cl2N2O3. The van der Waals surface area contributed by atoms with Gasteiger partial charge in [-0.25, -0.2) is 0 Å². The molecule has 1 amide bonds. The number of ether oxygens (including phenoxy) is 1. The molecule has 0 spiro atoms. The number of anilines is 1. The van der Waals surface area contributed by atoms with Crippen molar-refractivity contribution in [3.05, 3.63) is 56.9 Å². The molecule has 0 aliphatic rings. The van der Waals surface area contributed by atoms with Crippen LogP contribution >= 0.6 is 23.2 Å². The molecule has 0 unspecified atom stereocenters. The number of carbonyl (C=O) groups excluding carboxylic acids is 1. The van der Waals surface area contributed by atoms with E-state index in [1.165, 1.54) is 16.8 Å². The molecular weight excluding hydrogens is 339 g/mol. The van der Waals surface area contributed by atoms with E-state index < -0.39 is 0 Å². The van der Waals surface area contributed by atoms with Gasteiger partial charge in [0.05, 0.1) is 17.3 Å². The maximum absolute atomic E-state index is 12.2. The normalized spacial score (nSPS) is 10.4. The molecule has 7 heteroatoms. The molecule has 5 nitrogen and oxygen atoms in total. The minimum Gasteiger partial charge on any atom is -0.488 e. The summed E-state index contributed by atoms with van der Waals surface area (Å²) in [7, 11) is 0. The molecule has 2 aromatic rings. The van der Waals surface area contributed by atoms with E-state index in [4.69, 9.17) is 27.9 Å². The quantitative estimate of drug-likeness (QED) is 0.862. The largest absolute Gasteiger partial charge is 0.488 e. The first-order chi connectivity index (χ1) is 11.0. The number of carbonyl (C=O) groups is 1. The van der Waals surface area contributed by atoms with E-state index in [9.17, 15) is 9.59 Å². The fraction of sp³-hybridized carbons (Fsp3) is 0.250. The molecule has 122 valence electrons. The number of rotatable bonds is 6. The summed E-state index contributed by atoms with van der Waals surface area (Å²) >= 11 is 11.8. The lowest BCUT2D eigenvalue weighted by atomic mass is 10.3. The fourth-order valence-corrected chi connectivity index (χ4v) is 2.35. The van der Waals surface area contributed by atoms with Gasteiger partial charge in [0.15, 0.2) is 5.75 Å². The molecule has 0 fully saturated rings. The first-order valence-corrected chi connectivity index (χ1v) is 7.84. The molecule has 0 atom stereocenters. The average molecular weight is 355 g/mol. The van der Waals surface area contributed by atoms with Crippen molar-refractivity contribution < 1.29 is 9.53 Å². The van der Waals surface area contributed by atoms with Crippen molar-refractivity contribution in [2.45, 2.75) is 19.9 Å². The van der Waals surface area contributed by atoms with Crippen molar-refractivity contribution in [2.24, 2.45) is 0 Å². The fourth-order valence-electron chi connectivity index (χ4n) is 1.90. The Labute approximate surface area is 143 Å². The Bertz CT molecular complexity index is 759. The predicted molar refractivity (Wildman–Crippen MR) is 91.6 cm³/mol. The van der Waals surface area contributed by atoms with Gasteiger partial charge in [-0.15, -0.1) is 0 Å². The van der Waals surface area contributed by atoms with Gasteiger partial charge in [0.25, 0.3) is 5.56 Å². The summed E-state index contributed by atoms with van der Waals surface area (Å²) in [6, 6.07) is 8.00. The van der Waals surface area contributed by atoms with Crippen molar-refractivity contribution >= 4 is 34.8 Å². The number of benzene rings is 1. The zero-order valence-corrected chi connectivity index (χ0v) is 14.0. The molecule has 1 aromatic carbocycles. The maximum Gasteiger partial charge on any atom is 0.293 e. The van der Waals surface area contributed by atoms with Crippen LogP contribution in [0, 0.1) is 0 Å². The van der Waals surface area contributed by atoms with E-state index in [0.29, 0.717) is 22.3 Å². The van der Waals surface area contributed by atoms with Crippen LogP contribution in [0.1, 0.15) is 13.3 Å². The molecule has 0 saturated carbocycles. The van der Waals surface area contributed by atoms with Gasteiger partial charge in [-0.05, 0) is 36.8 Å². The summed E-state index contributed by atoms with van der Waals surface area (Å²) in [6.45, 7) is 2.26. The number of nitrogens with one attached hydrogen (secondary N) is 1. The van der Waals surface area contributed by atoms with E-state index in [1.54, 1.807) is 24.3 Å². The highest BCUT2D eigenvalue weighted by Crippen LogP contribution is 2.25. The second-order valence-electron chi connectivity index (χ2n) is 4.83. The summed E-state index contributed by atoms with van der Waals surface area (Å²) < 4.78 is 6.64. The number of aromatic nitrogens is 1. The molecule has 0 aliphatic carbocycles. The molecule has 1 aromatic heterocycles. The first kappa shape index (κ1) is 17.4. The Balaban J connectivity index is 2.09. The van der Waals surface area contributed by atoms with E-state index in [1.807, 2.05) is 6.92 Å². The van der Waals surface area contributed by atoms with Gasteiger partial charge < -0.3 is 14.6 Å². The van der Waals surface area contributed by atoms with Gasteiger partial charge in [0, 0.05) is 11.2 Å².